The van der Waals surface area contributed by atoms with Crippen LogP contribution in [0.25, 0.3) is 11.4 Å². The van der Waals surface area contributed by atoms with E-state index in [0.717, 1.165) is 5.56 Å². The summed E-state index contributed by atoms with van der Waals surface area (Å²) in [6.07, 6.45) is 1.55. The summed E-state index contributed by atoms with van der Waals surface area (Å²) in [5.74, 6) is 1.95. The van der Waals surface area contributed by atoms with Crippen molar-refractivity contribution < 1.29 is 18.8 Å². The molecule has 0 bridgehead atoms. The molecule has 26 heavy (non-hydrogen) atoms. The summed E-state index contributed by atoms with van der Waals surface area (Å²) < 4.78 is 15.6. The van der Waals surface area contributed by atoms with E-state index in [2.05, 4.69) is 15.3 Å². The van der Waals surface area contributed by atoms with Crippen molar-refractivity contribution in [2.45, 2.75) is 6.61 Å². The van der Waals surface area contributed by atoms with Gasteiger partial charge in [-0.25, -0.2) is 0 Å². The van der Waals surface area contributed by atoms with Crippen LogP contribution in [0.2, 0.25) is 5.02 Å². The van der Waals surface area contributed by atoms with Gasteiger partial charge in [0.1, 0.15) is 0 Å². The molecule has 0 saturated carbocycles. The topological polar surface area (TPSA) is 79.0 Å². The molecule has 8 heteroatoms. The van der Waals surface area contributed by atoms with Gasteiger partial charge in [0.15, 0.2) is 18.1 Å². The van der Waals surface area contributed by atoms with E-state index in [1.165, 1.54) is 0 Å². The van der Waals surface area contributed by atoms with E-state index in [-0.39, 0.29) is 6.61 Å². The Morgan fingerprint density at radius 3 is 2.69 bits per heavy atom. The summed E-state index contributed by atoms with van der Waals surface area (Å²) >= 11 is 6.11. The van der Waals surface area contributed by atoms with Gasteiger partial charge >= 0.3 is 0 Å². The van der Waals surface area contributed by atoms with Crippen molar-refractivity contribution in [2.75, 3.05) is 14.2 Å². The second-order valence-electron chi connectivity index (χ2n) is 5.11. The van der Waals surface area contributed by atoms with Crippen LogP contribution in [0.15, 0.2) is 52.1 Å². The van der Waals surface area contributed by atoms with Gasteiger partial charge in [-0.05, 0) is 30.3 Å². The molecule has 1 aromatic heterocycles. The fourth-order valence-electron chi connectivity index (χ4n) is 2.19. The minimum atomic E-state index is 0.0429. The summed E-state index contributed by atoms with van der Waals surface area (Å²) in [5.41, 5.74) is 1.49. The Morgan fingerprint density at radius 1 is 1.12 bits per heavy atom. The van der Waals surface area contributed by atoms with E-state index >= 15 is 0 Å². The molecular formula is C18H16ClN3O4. The van der Waals surface area contributed by atoms with Crippen molar-refractivity contribution in [3.63, 3.8) is 0 Å². The third-order valence-corrected chi connectivity index (χ3v) is 3.78. The second kappa shape index (κ2) is 8.35. The first-order chi connectivity index (χ1) is 12.7. The largest absolute Gasteiger partial charge is 0.493 e. The van der Waals surface area contributed by atoms with Crippen LogP contribution in [0.3, 0.4) is 0 Å². The van der Waals surface area contributed by atoms with Gasteiger partial charge in [-0.2, -0.15) is 4.98 Å². The summed E-state index contributed by atoms with van der Waals surface area (Å²) in [6.45, 7) is 0.0429. The van der Waals surface area contributed by atoms with Crippen molar-refractivity contribution in [1.82, 2.24) is 10.1 Å². The van der Waals surface area contributed by atoms with E-state index < -0.39 is 0 Å². The maximum Gasteiger partial charge on any atom is 0.267 e. The predicted molar refractivity (Wildman–Crippen MR) is 96.7 cm³/mol. The Balaban J connectivity index is 1.60. The standard InChI is InChI=1S/C18H16ClN3O4/c1-23-15-8-7-12(9-16(15)24-2)10-20-25-11-17-21-18(22-26-17)13-5-3-4-6-14(13)19/h3-10H,11H2,1-2H3/b20-10-. The van der Waals surface area contributed by atoms with Crippen LogP contribution >= 0.6 is 11.6 Å². The molecule has 0 saturated heterocycles. The van der Waals surface area contributed by atoms with Gasteiger partial charge in [0.05, 0.1) is 25.5 Å². The third-order valence-electron chi connectivity index (χ3n) is 3.45. The average molecular weight is 374 g/mol. The number of rotatable bonds is 7. The summed E-state index contributed by atoms with van der Waals surface area (Å²) in [5, 5.41) is 8.33. The molecule has 134 valence electrons. The van der Waals surface area contributed by atoms with E-state index in [4.69, 9.17) is 30.4 Å². The Hall–Kier alpha value is -3.06. The Kier molecular flexibility index (Phi) is 5.70. The molecule has 2 aromatic carbocycles. The van der Waals surface area contributed by atoms with Gasteiger partial charge in [0.2, 0.25) is 5.82 Å². The van der Waals surface area contributed by atoms with Crippen LogP contribution in [0.1, 0.15) is 11.5 Å². The number of benzene rings is 2. The fraction of sp³-hybridized carbons (Fsp3) is 0.167. The van der Waals surface area contributed by atoms with E-state index in [9.17, 15) is 0 Å². The van der Waals surface area contributed by atoms with Gasteiger partial charge in [-0.15, -0.1) is 0 Å². The van der Waals surface area contributed by atoms with E-state index in [0.29, 0.717) is 33.8 Å². The molecule has 0 atom stereocenters. The van der Waals surface area contributed by atoms with Gasteiger partial charge < -0.3 is 18.8 Å². The van der Waals surface area contributed by atoms with Gasteiger partial charge in [-0.3, -0.25) is 0 Å². The molecule has 0 aliphatic rings. The quantitative estimate of drug-likeness (QED) is 0.460. The molecule has 0 amide bonds. The van der Waals surface area contributed by atoms with E-state index in [1.807, 2.05) is 24.3 Å². The van der Waals surface area contributed by atoms with E-state index in [1.54, 1.807) is 38.6 Å². The predicted octanol–water partition coefficient (Wildman–Crippen LogP) is 3.96. The van der Waals surface area contributed by atoms with Crippen LogP contribution in [0.4, 0.5) is 0 Å². The fourth-order valence-corrected chi connectivity index (χ4v) is 2.41. The number of oxime groups is 1. The monoisotopic (exact) mass is 373 g/mol. The lowest BCUT2D eigenvalue weighted by Gasteiger charge is -2.07. The Bertz CT molecular complexity index is 911. The molecule has 0 fully saturated rings. The highest BCUT2D eigenvalue weighted by Gasteiger charge is 2.11. The molecule has 0 N–H and O–H groups in total. The van der Waals surface area contributed by atoms with Crippen LogP contribution < -0.4 is 9.47 Å². The third kappa shape index (κ3) is 4.12. The molecule has 0 spiro atoms. The van der Waals surface area contributed by atoms with Crippen LogP contribution in [-0.4, -0.2) is 30.6 Å². The minimum absolute atomic E-state index is 0.0429. The molecule has 0 aliphatic carbocycles. The van der Waals surface area contributed by atoms with Crippen LogP contribution in [-0.2, 0) is 11.4 Å². The molecule has 3 rings (SSSR count). The summed E-state index contributed by atoms with van der Waals surface area (Å²) in [4.78, 5) is 9.44. The molecular weight excluding hydrogens is 358 g/mol. The smallest absolute Gasteiger partial charge is 0.267 e. The number of nitrogens with zero attached hydrogens (tertiary/aromatic N) is 3. The maximum atomic E-state index is 6.11. The number of hydrogen-bond donors (Lipinski definition) is 0. The number of halogens is 1. The lowest BCUT2D eigenvalue weighted by Crippen LogP contribution is -1.93. The number of aromatic nitrogens is 2. The van der Waals surface area contributed by atoms with Crippen molar-refractivity contribution in [3.05, 3.63) is 58.9 Å². The van der Waals surface area contributed by atoms with Crippen LogP contribution in [0, 0.1) is 0 Å². The zero-order valence-corrected chi connectivity index (χ0v) is 14.9. The SMILES string of the molecule is COc1ccc(/C=N\OCc2nc(-c3ccccc3Cl)no2)cc1OC. The molecule has 0 radical (unpaired) electrons. The number of methoxy groups -OCH3 is 2. The zero-order valence-electron chi connectivity index (χ0n) is 14.2. The number of ether oxygens (including phenoxy) is 2. The first-order valence-electron chi connectivity index (χ1n) is 7.66. The Morgan fingerprint density at radius 2 is 1.92 bits per heavy atom. The molecule has 1 heterocycles. The molecule has 3 aromatic rings. The highest BCUT2D eigenvalue weighted by atomic mass is 35.5. The first kappa shape index (κ1) is 17.8. The van der Waals surface area contributed by atoms with Crippen molar-refractivity contribution in [1.29, 1.82) is 0 Å². The van der Waals surface area contributed by atoms with Crippen molar-refractivity contribution in [3.8, 4) is 22.9 Å². The number of hydrogen-bond acceptors (Lipinski definition) is 7. The summed E-state index contributed by atoms with van der Waals surface area (Å²) in [7, 11) is 3.15. The highest BCUT2D eigenvalue weighted by molar-refractivity contribution is 6.33. The molecule has 7 nitrogen and oxygen atoms in total. The molecule has 0 aliphatic heterocycles. The lowest BCUT2D eigenvalue weighted by atomic mass is 10.2. The van der Waals surface area contributed by atoms with Crippen LogP contribution in [0.5, 0.6) is 11.5 Å². The maximum absolute atomic E-state index is 6.11. The first-order valence-corrected chi connectivity index (χ1v) is 8.04. The van der Waals surface area contributed by atoms with Gasteiger partial charge in [-0.1, -0.05) is 34.0 Å². The normalized spacial score (nSPS) is 10.9. The molecule has 0 unspecified atom stereocenters. The van der Waals surface area contributed by atoms with Crippen molar-refractivity contribution >= 4 is 17.8 Å². The second-order valence-corrected chi connectivity index (χ2v) is 5.52. The van der Waals surface area contributed by atoms with Gasteiger partial charge in [0, 0.05) is 11.1 Å². The minimum Gasteiger partial charge on any atom is -0.493 e. The summed E-state index contributed by atoms with van der Waals surface area (Å²) in [6, 6.07) is 12.7. The van der Waals surface area contributed by atoms with Crippen molar-refractivity contribution in [2.24, 2.45) is 5.16 Å². The van der Waals surface area contributed by atoms with Gasteiger partial charge in [0.25, 0.3) is 5.89 Å². The lowest BCUT2D eigenvalue weighted by molar-refractivity contribution is 0.107. The highest BCUT2D eigenvalue weighted by Crippen LogP contribution is 2.27. The Labute approximate surface area is 155 Å². The zero-order chi connectivity index (χ0) is 18.4. The average Bonchev–Trinajstić information content (AvgIpc) is 3.14.